The summed E-state index contributed by atoms with van der Waals surface area (Å²) in [5.41, 5.74) is 0.765. The molecule has 0 bridgehead atoms. The molecule has 0 aliphatic carbocycles. The summed E-state index contributed by atoms with van der Waals surface area (Å²) in [6, 6.07) is 6.43. The standard InChI is InChI=1S/C21H23ClFN3O5S2/c1-14(24(2)3)15-4-6-18(17(23)12-15)25-10-8-19(21(25)28)26(31-13-27)33(29,30)11-9-16-5-7-20(22)32-16/h4-7,9,11-14,19H,8,10H2,1-3H3/b11-9+. The largest absolute Gasteiger partial charge is 0.355 e. The number of nitrogens with zero attached hydrogens (tertiary/aromatic N) is 3. The highest BCUT2D eigenvalue weighted by Crippen LogP contribution is 2.31. The normalized spacial score (nSPS) is 18.0. The molecule has 3 rings (SSSR count). The first-order chi connectivity index (χ1) is 15.5. The number of halogens is 2. The molecule has 12 heteroatoms. The zero-order chi connectivity index (χ0) is 24.3. The maximum atomic E-state index is 14.9. The molecule has 0 N–H and O–H groups in total. The van der Waals surface area contributed by atoms with Crippen LogP contribution in [0.3, 0.4) is 0 Å². The van der Waals surface area contributed by atoms with E-state index in [1.165, 1.54) is 18.2 Å². The molecule has 8 nitrogen and oxygen atoms in total. The molecule has 1 aliphatic rings. The van der Waals surface area contributed by atoms with Gasteiger partial charge in [-0.05, 0) is 67.8 Å². The Morgan fingerprint density at radius 2 is 2.03 bits per heavy atom. The summed E-state index contributed by atoms with van der Waals surface area (Å²) in [5, 5.41) is 0.826. The Bertz CT molecular complexity index is 1170. The lowest BCUT2D eigenvalue weighted by molar-refractivity contribution is -0.160. The fourth-order valence-electron chi connectivity index (χ4n) is 3.38. The Hall–Kier alpha value is -2.31. The van der Waals surface area contributed by atoms with Gasteiger partial charge in [0.2, 0.25) is 5.91 Å². The second-order valence-corrected chi connectivity index (χ2v) is 11.0. The number of benzene rings is 1. The number of rotatable bonds is 9. The van der Waals surface area contributed by atoms with E-state index in [1.807, 2.05) is 25.9 Å². The minimum Gasteiger partial charge on any atom is -0.355 e. The predicted molar refractivity (Wildman–Crippen MR) is 126 cm³/mol. The lowest BCUT2D eigenvalue weighted by Gasteiger charge is -2.24. The number of hydroxylamine groups is 1. The Kier molecular flexibility index (Phi) is 7.91. The first-order valence-corrected chi connectivity index (χ1v) is 12.6. The van der Waals surface area contributed by atoms with Gasteiger partial charge in [0.1, 0.15) is 11.9 Å². The van der Waals surface area contributed by atoms with Gasteiger partial charge in [-0.15, -0.1) is 11.3 Å². The summed E-state index contributed by atoms with van der Waals surface area (Å²) in [5.74, 6) is -1.30. The Labute approximate surface area is 200 Å². The second kappa shape index (κ2) is 10.3. The molecule has 0 spiro atoms. The van der Waals surface area contributed by atoms with Crippen LogP contribution in [-0.4, -0.2) is 56.8 Å². The molecule has 1 amide bonds. The van der Waals surface area contributed by atoms with Gasteiger partial charge in [-0.2, -0.15) is 0 Å². The van der Waals surface area contributed by atoms with Gasteiger partial charge in [0.05, 0.1) is 15.4 Å². The number of carbonyl (C=O) groups excluding carboxylic acids is 2. The van der Waals surface area contributed by atoms with E-state index in [0.29, 0.717) is 13.7 Å². The number of amides is 1. The minimum atomic E-state index is -4.32. The highest BCUT2D eigenvalue weighted by Gasteiger charge is 2.43. The molecule has 1 saturated heterocycles. The molecule has 178 valence electrons. The number of thiophene rings is 1. The monoisotopic (exact) mass is 515 g/mol. The van der Waals surface area contributed by atoms with Crippen molar-refractivity contribution in [2.45, 2.75) is 25.4 Å². The zero-order valence-electron chi connectivity index (χ0n) is 18.1. The SMILES string of the molecule is CC(c1ccc(N2CCC(N(OC=O)S(=O)(=O)/C=C/c3ccc(Cl)s3)C2=O)c(F)c1)N(C)C. The van der Waals surface area contributed by atoms with Crippen LogP contribution in [0.25, 0.3) is 6.08 Å². The molecule has 2 aromatic rings. The molecule has 1 aromatic heterocycles. The van der Waals surface area contributed by atoms with Crippen LogP contribution in [0.4, 0.5) is 10.1 Å². The zero-order valence-corrected chi connectivity index (χ0v) is 20.5. The fourth-order valence-corrected chi connectivity index (χ4v) is 5.58. The maximum absolute atomic E-state index is 14.9. The minimum absolute atomic E-state index is 0.0138. The van der Waals surface area contributed by atoms with E-state index >= 15 is 0 Å². The van der Waals surface area contributed by atoms with Gasteiger partial charge in [-0.1, -0.05) is 17.7 Å². The van der Waals surface area contributed by atoms with Crippen LogP contribution >= 0.6 is 22.9 Å². The molecule has 2 atom stereocenters. The van der Waals surface area contributed by atoms with Crippen molar-refractivity contribution in [3.05, 3.63) is 56.3 Å². The van der Waals surface area contributed by atoms with Crippen molar-refractivity contribution in [1.29, 1.82) is 0 Å². The predicted octanol–water partition coefficient (Wildman–Crippen LogP) is 3.66. The quantitative estimate of drug-likeness (QED) is 0.374. The van der Waals surface area contributed by atoms with Gasteiger partial charge in [-0.25, -0.2) is 12.8 Å². The average Bonchev–Trinajstić information content (AvgIpc) is 3.35. The fraction of sp³-hybridized carbons (Fsp3) is 0.333. The van der Waals surface area contributed by atoms with Crippen molar-refractivity contribution in [3.63, 3.8) is 0 Å². The molecule has 1 fully saturated rings. The van der Waals surface area contributed by atoms with Gasteiger partial charge in [0.25, 0.3) is 10.0 Å². The number of hydrogen-bond acceptors (Lipinski definition) is 7. The van der Waals surface area contributed by atoms with Crippen LogP contribution in [0.5, 0.6) is 0 Å². The van der Waals surface area contributed by atoms with E-state index in [-0.39, 0.29) is 31.2 Å². The van der Waals surface area contributed by atoms with E-state index in [4.69, 9.17) is 16.4 Å². The third kappa shape index (κ3) is 5.61. The molecule has 0 saturated carbocycles. The Morgan fingerprint density at radius 3 is 2.61 bits per heavy atom. The molecule has 33 heavy (non-hydrogen) atoms. The van der Waals surface area contributed by atoms with Crippen molar-refractivity contribution in [1.82, 2.24) is 9.37 Å². The highest BCUT2D eigenvalue weighted by molar-refractivity contribution is 7.92. The van der Waals surface area contributed by atoms with Crippen molar-refractivity contribution in [2.24, 2.45) is 0 Å². The van der Waals surface area contributed by atoms with Crippen LogP contribution in [0.2, 0.25) is 4.34 Å². The maximum Gasteiger partial charge on any atom is 0.314 e. The molecular formula is C21H23ClFN3O5S2. The van der Waals surface area contributed by atoms with Gasteiger partial charge >= 0.3 is 6.47 Å². The van der Waals surface area contributed by atoms with Crippen LogP contribution < -0.4 is 4.90 Å². The summed E-state index contributed by atoms with van der Waals surface area (Å²) >= 11 is 7.00. The van der Waals surface area contributed by atoms with Crippen molar-refractivity contribution in [3.8, 4) is 0 Å². The van der Waals surface area contributed by atoms with E-state index in [9.17, 15) is 22.4 Å². The number of hydrogen-bond donors (Lipinski definition) is 0. The smallest absolute Gasteiger partial charge is 0.314 e. The number of anilines is 1. The van der Waals surface area contributed by atoms with Gasteiger partial charge in [0, 0.05) is 17.5 Å². The van der Waals surface area contributed by atoms with E-state index in [1.54, 1.807) is 18.2 Å². The van der Waals surface area contributed by atoms with E-state index in [2.05, 4.69) is 0 Å². The first-order valence-electron chi connectivity index (χ1n) is 9.90. The second-order valence-electron chi connectivity index (χ2n) is 7.59. The van der Waals surface area contributed by atoms with Crippen LogP contribution in [0.1, 0.15) is 29.8 Å². The van der Waals surface area contributed by atoms with Crippen LogP contribution in [-0.2, 0) is 24.4 Å². The highest BCUT2D eigenvalue weighted by atomic mass is 35.5. The summed E-state index contributed by atoms with van der Waals surface area (Å²) < 4.78 is 41.3. The van der Waals surface area contributed by atoms with Crippen LogP contribution in [0, 0.1) is 5.82 Å². The average molecular weight is 516 g/mol. The number of carbonyl (C=O) groups is 2. The van der Waals surface area contributed by atoms with Crippen molar-refractivity contribution < 1.29 is 27.2 Å². The molecule has 1 aliphatic heterocycles. The lowest BCUT2D eigenvalue weighted by Crippen LogP contribution is -2.44. The van der Waals surface area contributed by atoms with E-state index < -0.39 is 27.8 Å². The molecule has 0 radical (unpaired) electrons. The summed E-state index contributed by atoms with van der Waals surface area (Å²) in [6.45, 7) is 1.91. The van der Waals surface area contributed by atoms with Crippen molar-refractivity contribution in [2.75, 3.05) is 25.5 Å². The Balaban J connectivity index is 1.84. The summed E-state index contributed by atoms with van der Waals surface area (Å²) in [6.07, 6.45) is 1.30. The van der Waals surface area contributed by atoms with Crippen LogP contribution in [0.15, 0.2) is 35.7 Å². The molecule has 2 unspecified atom stereocenters. The molecule has 2 heterocycles. The summed E-state index contributed by atoms with van der Waals surface area (Å²) in [7, 11) is -0.578. The number of sulfonamides is 1. The summed E-state index contributed by atoms with van der Waals surface area (Å²) in [4.78, 5) is 32.4. The lowest BCUT2D eigenvalue weighted by atomic mass is 10.1. The van der Waals surface area contributed by atoms with Gasteiger partial charge in [-0.3, -0.25) is 9.59 Å². The molecule has 1 aromatic carbocycles. The van der Waals surface area contributed by atoms with Gasteiger partial charge < -0.3 is 14.6 Å². The molecular weight excluding hydrogens is 493 g/mol. The topological polar surface area (TPSA) is 87.2 Å². The van der Waals surface area contributed by atoms with E-state index in [0.717, 1.165) is 27.2 Å². The van der Waals surface area contributed by atoms with Gasteiger partial charge in [0.15, 0.2) is 0 Å². The third-order valence-corrected chi connectivity index (χ3v) is 7.87. The first kappa shape index (κ1) is 25.3. The Morgan fingerprint density at radius 1 is 1.30 bits per heavy atom. The third-order valence-electron chi connectivity index (χ3n) is 5.35. The van der Waals surface area contributed by atoms with Crippen molar-refractivity contribution >= 4 is 57.1 Å².